The van der Waals surface area contributed by atoms with Crippen LogP contribution >= 0.6 is 0 Å². The van der Waals surface area contributed by atoms with Crippen molar-refractivity contribution in [1.29, 1.82) is 0 Å². The molecule has 0 saturated carbocycles. The topological polar surface area (TPSA) is 88.7 Å². The molecule has 0 radical (unpaired) electrons. The van der Waals surface area contributed by atoms with Crippen molar-refractivity contribution in [1.82, 2.24) is 0 Å². The molecule has 0 fully saturated rings. The lowest BCUT2D eigenvalue weighted by molar-refractivity contribution is -0.116. The minimum atomic E-state index is -0.476. The largest absolute Gasteiger partial charge is 0.486 e. The summed E-state index contributed by atoms with van der Waals surface area (Å²) in [6.45, 7) is 4.23. The molecule has 2 amide bonds. The van der Waals surface area contributed by atoms with Gasteiger partial charge >= 0.3 is 0 Å². The number of carbonyl (C=O) groups is 2. The Bertz CT molecular complexity index is 822. The molecule has 0 spiro atoms. The van der Waals surface area contributed by atoms with Crippen LogP contribution in [0.15, 0.2) is 42.5 Å². The summed E-state index contributed by atoms with van der Waals surface area (Å²) in [7, 11) is 0. The van der Waals surface area contributed by atoms with Gasteiger partial charge in [-0.25, -0.2) is 0 Å². The van der Waals surface area contributed by atoms with E-state index in [4.69, 9.17) is 9.47 Å². The van der Waals surface area contributed by atoms with Gasteiger partial charge in [0, 0.05) is 30.1 Å². The zero-order chi connectivity index (χ0) is 18.5. The standard InChI is InChI=1S/C19H21N3O4/c1-12(20-14-4-3-5-15(10-14)21-13(2)23)19(24)22-16-6-7-17-18(11-16)26-9-8-25-17/h3-7,10-12,20H,8-9H2,1-2H3,(H,21,23)(H,22,24)/t12-/m0/s1. The summed E-state index contributed by atoms with van der Waals surface area (Å²) in [5.41, 5.74) is 2.04. The summed E-state index contributed by atoms with van der Waals surface area (Å²) < 4.78 is 11.0. The minimum Gasteiger partial charge on any atom is -0.486 e. The van der Waals surface area contributed by atoms with Crippen LogP contribution in [-0.2, 0) is 9.59 Å². The van der Waals surface area contributed by atoms with E-state index in [9.17, 15) is 9.59 Å². The molecular formula is C19H21N3O4. The van der Waals surface area contributed by atoms with E-state index in [-0.39, 0.29) is 11.8 Å². The Morgan fingerprint density at radius 2 is 1.62 bits per heavy atom. The summed E-state index contributed by atoms with van der Waals surface area (Å²) in [5.74, 6) is 0.964. The Morgan fingerprint density at radius 1 is 0.923 bits per heavy atom. The SMILES string of the molecule is CC(=O)Nc1cccc(N[C@@H](C)C(=O)Nc2ccc3c(c2)OCCO3)c1. The zero-order valence-corrected chi connectivity index (χ0v) is 14.7. The molecule has 26 heavy (non-hydrogen) atoms. The highest BCUT2D eigenvalue weighted by atomic mass is 16.6. The van der Waals surface area contributed by atoms with Crippen LogP contribution in [0.3, 0.4) is 0 Å². The summed E-state index contributed by atoms with van der Waals surface area (Å²) in [6, 6.07) is 12.0. The van der Waals surface area contributed by atoms with Gasteiger partial charge in [-0.1, -0.05) is 6.07 Å². The fraction of sp³-hybridized carbons (Fsp3) is 0.263. The monoisotopic (exact) mass is 355 g/mol. The molecule has 2 aromatic carbocycles. The van der Waals surface area contributed by atoms with Crippen molar-refractivity contribution in [3.63, 3.8) is 0 Å². The lowest BCUT2D eigenvalue weighted by atomic mass is 10.2. The maximum atomic E-state index is 12.4. The number of hydrogen-bond donors (Lipinski definition) is 3. The molecule has 3 rings (SSSR count). The van der Waals surface area contributed by atoms with E-state index < -0.39 is 6.04 Å². The first-order valence-electron chi connectivity index (χ1n) is 8.36. The molecule has 1 atom stereocenters. The van der Waals surface area contributed by atoms with E-state index in [2.05, 4.69) is 16.0 Å². The van der Waals surface area contributed by atoms with E-state index in [1.807, 2.05) is 6.07 Å². The third kappa shape index (κ3) is 4.44. The number of amides is 2. The average molecular weight is 355 g/mol. The van der Waals surface area contributed by atoms with Gasteiger partial charge in [-0.3, -0.25) is 9.59 Å². The Balaban J connectivity index is 1.62. The molecule has 7 heteroatoms. The minimum absolute atomic E-state index is 0.147. The summed E-state index contributed by atoms with van der Waals surface area (Å²) in [6.07, 6.45) is 0. The third-order valence-electron chi connectivity index (χ3n) is 3.77. The van der Waals surface area contributed by atoms with Gasteiger partial charge in [0.25, 0.3) is 0 Å². The predicted octanol–water partition coefficient (Wildman–Crippen LogP) is 2.86. The number of benzene rings is 2. The number of fused-ring (bicyclic) bond motifs is 1. The van der Waals surface area contributed by atoms with Crippen LogP contribution in [0.5, 0.6) is 11.5 Å². The predicted molar refractivity (Wildman–Crippen MR) is 99.9 cm³/mol. The number of ether oxygens (including phenoxy) is 2. The Hall–Kier alpha value is -3.22. The van der Waals surface area contributed by atoms with Crippen LogP contribution in [0.25, 0.3) is 0 Å². The van der Waals surface area contributed by atoms with E-state index >= 15 is 0 Å². The highest BCUT2D eigenvalue weighted by Crippen LogP contribution is 2.32. The Kier molecular flexibility index (Phi) is 5.26. The molecule has 1 heterocycles. The smallest absolute Gasteiger partial charge is 0.246 e. The van der Waals surface area contributed by atoms with Crippen molar-refractivity contribution in [3.05, 3.63) is 42.5 Å². The number of anilines is 3. The van der Waals surface area contributed by atoms with Crippen molar-refractivity contribution in [3.8, 4) is 11.5 Å². The van der Waals surface area contributed by atoms with Gasteiger partial charge in [0.2, 0.25) is 11.8 Å². The van der Waals surface area contributed by atoms with Gasteiger partial charge in [0.05, 0.1) is 0 Å². The normalized spacial score (nSPS) is 13.5. The first-order chi connectivity index (χ1) is 12.5. The second-order valence-electron chi connectivity index (χ2n) is 5.98. The second-order valence-corrected chi connectivity index (χ2v) is 5.98. The molecule has 0 aliphatic carbocycles. The van der Waals surface area contributed by atoms with Crippen LogP contribution in [0.2, 0.25) is 0 Å². The fourth-order valence-electron chi connectivity index (χ4n) is 2.58. The van der Waals surface area contributed by atoms with Crippen molar-refractivity contribution >= 4 is 28.9 Å². The molecule has 1 aliphatic heterocycles. The van der Waals surface area contributed by atoms with Gasteiger partial charge in [-0.05, 0) is 37.3 Å². The van der Waals surface area contributed by atoms with Gasteiger partial charge in [-0.2, -0.15) is 0 Å². The van der Waals surface area contributed by atoms with Crippen molar-refractivity contribution in [2.24, 2.45) is 0 Å². The van der Waals surface area contributed by atoms with Crippen LogP contribution in [0.4, 0.5) is 17.1 Å². The average Bonchev–Trinajstić information content (AvgIpc) is 2.61. The first-order valence-corrected chi connectivity index (χ1v) is 8.36. The Morgan fingerprint density at radius 3 is 2.38 bits per heavy atom. The zero-order valence-electron chi connectivity index (χ0n) is 14.7. The lowest BCUT2D eigenvalue weighted by Crippen LogP contribution is -2.31. The number of nitrogens with one attached hydrogen (secondary N) is 3. The molecule has 1 aliphatic rings. The highest BCUT2D eigenvalue weighted by Gasteiger charge is 2.16. The molecule has 0 unspecified atom stereocenters. The van der Waals surface area contributed by atoms with Gasteiger partial charge in [-0.15, -0.1) is 0 Å². The molecule has 0 aromatic heterocycles. The molecular weight excluding hydrogens is 334 g/mol. The maximum Gasteiger partial charge on any atom is 0.246 e. The van der Waals surface area contributed by atoms with E-state index in [1.165, 1.54) is 6.92 Å². The summed E-state index contributed by atoms with van der Waals surface area (Å²) >= 11 is 0. The lowest BCUT2D eigenvalue weighted by Gasteiger charge is -2.20. The van der Waals surface area contributed by atoms with Crippen molar-refractivity contribution in [2.45, 2.75) is 19.9 Å². The summed E-state index contributed by atoms with van der Waals surface area (Å²) in [5, 5.41) is 8.68. The van der Waals surface area contributed by atoms with Gasteiger partial charge < -0.3 is 25.4 Å². The number of rotatable bonds is 5. The molecule has 0 bridgehead atoms. The molecule has 136 valence electrons. The first kappa shape index (κ1) is 17.6. The van der Waals surface area contributed by atoms with Crippen LogP contribution in [0, 0.1) is 0 Å². The van der Waals surface area contributed by atoms with Crippen LogP contribution in [0.1, 0.15) is 13.8 Å². The van der Waals surface area contributed by atoms with E-state index in [0.717, 1.165) is 5.69 Å². The van der Waals surface area contributed by atoms with Gasteiger partial charge in [0.15, 0.2) is 11.5 Å². The third-order valence-corrected chi connectivity index (χ3v) is 3.77. The Labute approximate surface area is 151 Å². The second kappa shape index (κ2) is 7.77. The van der Waals surface area contributed by atoms with Crippen molar-refractivity contribution in [2.75, 3.05) is 29.2 Å². The number of carbonyl (C=O) groups excluding carboxylic acids is 2. The number of hydrogen-bond acceptors (Lipinski definition) is 5. The fourth-order valence-corrected chi connectivity index (χ4v) is 2.58. The van der Waals surface area contributed by atoms with E-state index in [1.54, 1.807) is 43.3 Å². The van der Waals surface area contributed by atoms with E-state index in [0.29, 0.717) is 36.1 Å². The summed E-state index contributed by atoms with van der Waals surface area (Å²) in [4.78, 5) is 23.6. The van der Waals surface area contributed by atoms with Crippen LogP contribution in [-0.4, -0.2) is 31.1 Å². The highest BCUT2D eigenvalue weighted by molar-refractivity contribution is 5.96. The molecule has 7 nitrogen and oxygen atoms in total. The quantitative estimate of drug-likeness (QED) is 0.767. The molecule has 0 saturated heterocycles. The molecule has 3 N–H and O–H groups in total. The van der Waals surface area contributed by atoms with Gasteiger partial charge in [0.1, 0.15) is 19.3 Å². The maximum absolute atomic E-state index is 12.4. The molecule has 2 aromatic rings. The van der Waals surface area contributed by atoms with Crippen LogP contribution < -0.4 is 25.4 Å². The van der Waals surface area contributed by atoms with Crippen molar-refractivity contribution < 1.29 is 19.1 Å².